The van der Waals surface area contributed by atoms with E-state index in [9.17, 15) is 4.79 Å². The van der Waals surface area contributed by atoms with E-state index in [-0.39, 0.29) is 5.56 Å². The van der Waals surface area contributed by atoms with Gasteiger partial charge < -0.3 is 9.30 Å². The largest absolute Gasteiger partial charge is 0.495 e. The van der Waals surface area contributed by atoms with Gasteiger partial charge in [-0.15, -0.1) is 0 Å². The van der Waals surface area contributed by atoms with Gasteiger partial charge in [0.25, 0.3) is 5.56 Å². The average molecular weight is 423 g/mol. The molecule has 0 aromatic carbocycles. The van der Waals surface area contributed by atoms with Crippen LogP contribution in [0.15, 0.2) is 35.4 Å². The first-order valence-corrected chi connectivity index (χ1v) is 11.8. The number of hydrogen-bond acceptors (Lipinski definition) is 5. The Morgan fingerprint density at radius 1 is 1.00 bits per heavy atom. The van der Waals surface area contributed by atoms with Crippen molar-refractivity contribution >= 4 is 0 Å². The maximum atomic E-state index is 13.3. The third-order valence-electron chi connectivity index (χ3n) is 7.26. The van der Waals surface area contributed by atoms with E-state index in [4.69, 9.17) is 4.74 Å². The van der Waals surface area contributed by atoms with Gasteiger partial charge in [0.05, 0.1) is 13.3 Å². The summed E-state index contributed by atoms with van der Waals surface area (Å²) in [5.74, 6) is 1.78. The number of methoxy groups -OCH3 is 1. The Morgan fingerprint density at radius 2 is 1.84 bits per heavy atom. The van der Waals surface area contributed by atoms with Gasteiger partial charge in [0.1, 0.15) is 5.75 Å². The van der Waals surface area contributed by atoms with Crippen LogP contribution in [0.5, 0.6) is 5.75 Å². The molecule has 3 aliphatic heterocycles. The van der Waals surface area contributed by atoms with Crippen LogP contribution in [-0.2, 0) is 19.6 Å². The van der Waals surface area contributed by atoms with Crippen molar-refractivity contribution in [1.29, 1.82) is 0 Å². The normalized spacial score (nSPS) is 24.4. The van der Waals surface area contributed by atoms with Crippen molar-refractivity contribution in [1.82, 2.24) is 19.4 Å². The molecule has 0 amide bonds. The number of rotatable bonds is 5. The molecule has 2 aromatic heterocycles. The monoisotopic (exact) mass is 422 g/mol. The summed E-state index contributed by atoms with van der Waals surface area (Å²) in [6.45, 7) is 6.83. The maximum Gasteiger partial charge on any atom is 0.255 e. The lowest BCUT2D eigenvalue weighted by Gasteiger charge is -2.43. The van der Waals surface area contributed by atoms with Crippen LogP contribution >= 0.6 is 0 Å². The number of fused-ring (bicyclic) bond motifs is 4. The third kappa shape index (κ3) is 4.55. The van der Waals surface area contributed by atoms with Crippen LogP contribution in [0.3, 0.4) is 0 Å². The fourth-order valence-electron chi connectivity index (χ4n) is 5.79. The standard InChI is InChI=1S/C25H34N4O2/c1-31-23-11-19(12-26-13-23)14-28-15-20-10-22(18-28)24-7-6-21(25(30)29(24)16-20)17-27-8-4-2-3-5-9-27/h6-7,11-13,20,22H,2-5,8-10,14-18H2,1H3/t20-,22+/m0/s1. The molecule has 5 heterocycles. The summed E-state index contributed by atoms with van der Waals surface area (Å²) in [6, 6.07) is 6.43. The van der Waals surface area contributed by atoms with Gasteiger partial charge in [0.2, 0.25) is 0 Å². The average Bonchev–Trinajstić information content (AvgIpc) is 3.05. The van der Waals surface area contributed by atoms with Crippen LogP contribution in [0.4, 0.5) is 0 Å². The molecule has 0 spiro atoms. The first kappa shape index (κ1) is 20.7. The third-order valence-corrected chi connectivity index (χ3v) is 7.26. The molecule has 166 valence electrons. The summed E-state index contributed by atoms with van der Waals surface area (Å²) in [4.78, 5) is 22.6. The predicted molar refractivity (Wildman–Crippen MR) is 121 cm³/mol. The number of ether oxygens (including phenoxy) is 1. The second kappa shape index (κ2) is 9.13. The van der Waals surface area contributed by atoms with Crippen molar-refractivity contribution in [3.8, 4) is 5.75 Å². The molecule has 0 saturated carbocycles. The van der Waals surface area contributed by atoms with E-state index in [0.29, 0.717) is 11.8 Å². The van der Waals surface area contributed by atoms with Crippen LogP contribution in [-0.4, -0.2) is 52.6 Å². The van der Waals surface area contributed by atoms with Gasteiger partial charge in [-0.05, 0) is 56.0 Å². The minimum Gasteiger partial charge on any atom is -0.495 e. The second-order valence-electron chi connectivity index (χ2n) is 9.62. The number of nitrogens with zero attached hydrogens (tertiary/aromatic N) is 4. The molecule has 5 rings (SSSR count). The molecule has 2 atom stereocenters. The van der Waals surface area contributed by atoms with Gasteiger partial charge in [0, 0.05) is 56.1 Å². The van der Waals surface area contributed by atoms with Crippen LogP contribution < -0.4 is 10.3 Å². The summed E-state index contributed by atoms with van der Waals surface area (Å²) in [5, 5.41) is 0. The van der Waals surface area contributed by atoms with Crippen molar-refractivity contribution in [2.24, 2.45) is 5.92 Å². The van der Waals surface area contributed by atoms with Gasteiger partial charge in [-0.2, -0.15) is 0 Å². The fraction of sp³-hybridized carbons (Fsp3) is 0.600. The van der Waals surface area contributed by atoms with E-state index in [1.165, 1.54) is 43.4 Å². The van der Waals surface area contributed by atoms with Gasteiger partial charge in [-0.1, -0.05) is 18.9 Å². The Morgan fingerprint density at radius 3 is 2.65 bits per heavy atom. The number of pyridine rings is 2. The highest BCUT2D eigenvalue weighted by atomic mass is 16.5. The topological polar surface area (TPSA) is 50.6 Å². The summed E-state index contributed by atoms with van der Waals surface area (Å²) in [6.07, 6.45) is 10.0. The SMILES string of the molecule is COc1cncc(CN2C[C@@H]3C[C@H](C2)c2ccc(CN4CCCCCC4)c(=O)n2C3)c1. The van der Waals surface area contributed by atoms with Gasteiger partial charge in [-0.3, -0.25) is 19.6 Å². The zero-order chi connectivity index (χ0) is 21.2. The highest BCUT2D eigenvalue weighted by Gasteiger charge is 2.35. The van der Waals surface area contributed by atoms with Gasteiger partial charge in [-0.25, -0.2) is 0 Å². The lowest BCUT2D eigenvalue weighted by atomic mass is 9.83. The maximum absolute atomic E-state index is 13.3. The molecule has 3 aliphatic rings. The lowest BCUT2D eigenvalue weighted by molar-refractivity contribution is 0.114. The minimum absolute atomic E-state index is 0.252. The quantitative estimate of drug-likeness (QED) is 0.740. The van der Waals surface area contributed by atoms with Crippen LogP contribution in [0, 0.1) is 5.92 Å². The molecule has 0 N–H and O–H groups in total. The number of hydrogen-bond donors (Lipinski definition) is 0. The van der Waals surface area contributed by atoms with E-state index in [0.717, 1.165) is 57.1 Å². The van der Waals surface area contributed by atoms with E-state index in [1.807, 2.05) is 6.20 Å². The van der Waals surface area contributed by atoms with E-state index < -0.39 is 0 Å². The molecule has 0 unspecified atom stereocenters. The van der Waals surface area contributed by atoms with Crippen molar-refractivity contribution < 1.29 is 4.74 Å². The molecule has 0 radical (unpaired) electrons. The smallest absolute Gasteiger partial charge is 0.255 e. The molecule has 2 aromatic rings. The Hall–Kier alpha value is -2.18. The van der Waals surface area contributed by atoms with Crippen molar-refractivity contribution in [2.75, 3.05) is 33.3 Å². The summed E-state index contributed by atoms with van der Waals surface area (Å²) in [5.41, 5.74) is 3.64. The zero-order valence-corrected chi connectivity index (χ0v) is 18.6. The fourth-order valence-corrected chi connectivity index (χ4v) is 5.79. The first-order valence-electron chi connectivity index (χ1n) is 11.8. The highest BCUT2D eigenvalue weighted by molar-refractivity contribution is 5.25. The van der Waals surface area contributed by atoms with Crippen molar-refractivity contribution in [2.45, 2.75) is 57.7 Å². The van der Waals surface area contributed by atoms with E-state index in [1.54, 1.807) is 13.3 Å². The molecule has 6 nitrogen and oxygen atoms in total. The molecule has 6 heteroatoms. The van der Waals surface area contributed by atoms with Crippen LogP contribution in [0.25, 0.3) is 0 Å². The summed E-state index contributed by atoms with van der Waals surface area (Å²) < 4.78 is 7.44. The van der Waals surface area contributed by atoms with Crippen molar-refractivity contribution in [3.63, 3.8) is 0 Å². The summed E-state index contributed by atoms with van der Waals surface area (Å²) in [7, 11) is 1.68. The van der Waals surface area contributed by atoms with Crippen molar-refractivity contribution in [3.05, 3.63) is 57.8 Å². The van der Waals surface area contributed by atoms with Gasteiger partial charge in [0.15, 0.2) is 0 Å². The molecule has 2 bridgehead atoms. The van der Waals surface area contributed by atoms with E-state index in [2.05, 4.69) is 37.5 Å². The van der Waals surface area contributed by atoms with E-state index >= 15 is 0 Å². The first-order chi connectivity index (χ1) is 15.2. The Labute approximate surface area is 184 Å². The summed E-state index contributed by atoms with van der Waals surface area (Å²) >= 11 is 0. The molecular weight excluding hydrogens is 388 g/mol. The number of piperidine rings is 1. The Bertz CT molecular complexity index is 964. The predicted octanol–water partition coefficient (Wildman–Crippen LogP) is 3.25. The molecular formula is C25H34N4O2. The molecule has 0 aliphatic carbocycles. The molecule has 2 fully saturated rings. The van der Waals surface area contributed by atoms with Gasteiger partial charge >= 0.3 is 0 Å². The second-order valence-corrected chi connectivity index (χ2v) is 9.62. The lowest BCUT2D eigenvalue weighted by Crippen LogP contribution is -2.47. The Kier molecular flexibility index (Phi) is 6.10. The Balaban J connectivity index is 1.31. The van der Waals surface area contributed by atoms with Crippen LogP contribution in [0.2, 0.25) is 0 Å². The minimum atomic E-state index is 0.252. The number of aromatic nitrogens is 2. The zero-order valence-electron chi connectivity index (χ0n) is 18.6. The molecule has 2 saturated heterocycles. The number of likely N-dealkylation sites (tertiary alicyclic amines) is 2. The van der Waals surface area contributed by atoms with Crippen LogP contribution in [0.1, 0.15) is 54.8 Å². The molecule has 31 heavy (non-hydrogen) atoms. The highest BCUT2D eigenvalue weighted by Crippen LogP contribution is 2.35.